The van der Waals surface area contributed by atoms with Gasteiger partial charge >= 0.3 is 0 Å². The molecule has 0 atom stereocenters. The SMILES string of the molecule is COc1cccc(OC)c1-c1ccc(C(=O)/C=C/c2ccco2)cc1. The third-order valence-corrected chi connectivity index (χ3v) is 3.83. The number of hydrogen-bond donors (Lipinski definition) is 0. The van der Waals surface area contributed by atoms with Crippen molar-refractivity contribution >= 4 is 11.9 Å². The predicted molar refractivity (Wildman–Crippen MR) is 97.1 cm³/mol. The van der Waals surface area contributed by atoms with E-state index >= 15 is 0 Å². The van der Waals surface area contributed by atoms with E-state index in [2.05, 4.69) is 0 Å². The Labute approximate surface area is 146 Å². The van der Waals surface area contributed by atoms with E-state index in [0.29, 0.717) is 11.3 Å². The number of hydrogen-bond acceptors (Lipinski definition) is 4. The summed E-state index contributed by atoms with van der Waals surface area (Å²) >= 11 is 0. The van der Waals surface area contributed by atoms with Gasteiger partial charge in [-0.3, -0.25) is 4.79 Å². The van der Waals surface area contributed by atoms with Gasteiger partial charge in [-0.15, -0.1) is 0 Å². The second kappa shape index (κ2) is 7.53. The van der Waals surface area contributed by atoms with Crippen LogP contribution in [0.25, 0.3) is 17.2 Å². The van der Waals surface area contributed by atoms with Crippen LogP contribution >= 0.6 is 0 Å². The summed E-state index contributed by atoms with van der Waals surface area (Å²) in [5.41, 5.74) is 2.37. The zero-order chi connectivity index (χ0) is 17.6. The van der Waals surface area contributed by atoms with Gasteiger partial charge in [0.2, 0.25) is 0 Å². The fraction of sp³-hybridized carbons (Fsp3) is 0.0952. The van der Waals surface area contributed by atoms with Crippen LogP contribution in [0.1, 0.15) is 16.1 Å². The first kappa shape index (κ1) is 16.6. The standard InChI is InChI=1S/C21H18O4/c1-23-19-6-3-7-20(24-2)21(19)16-10-8-15(9-11-16)18(22)13-12-17-5-4-14-25-17/h3-14H,1-2H3/b13-12+. The maximum atomic E-state index is 12.3. The minimum absolute atomic E-state index is 0.0880. The third-order valence-electron chi connectivity index (χ3n) is 3.83. The molecule has 0 fully saturated rings. The van der Waals surface area contributed by atoms with Gasteiger partial charge in [-0.05, 0) is 42.0 Å². The summed E-state index contributed by atoms with van der Waals surface area (Å²) in [6.45, 7) is 0. The molecule has 0 spiro atoms. The van der Waals surface area contributed by atoms with E-state index in [-0.39, 0.29) is 5.78 Å². The Hall–Kier alpha value is -3.27. The number of allylic oxidation sites excluding steroid dienone is 1. The van der Waals surface area contributed by atoms with E-state index in [1.807, 2.05) is 30.3 Å². The first-order chi connectivity index (χ1) is 12.2. The molecule has 0 amide bonds. The Morgan fingerprint density at radius 3 is 2.16 bits per heavy atom. The van der Waals surface area contributed by atoms with Gasteiger partial charge in [0.1, 0.15) is 17.3 Å². The number of methoxy groups -OCH3 is 2. The van der Waals surface area contributed by atoms with E-state index < -0.39 is 0 Å². The van der Waals surface area contributed by atoms with Crippen LogP contribution < -0.4 is 9.47 Å². The second-order valence-electron chi connectivity index (χ2n) is 5.33. The quantitative estimate of drug-likeness (QED) is 0.477. The van der Waals surface area contributed by atoms with Gasteiger partial charge < -0.3 is 13.9 Å². The molecule has 0 aliphatic carbocycles. The molecule has 126 valence electrons. The second-order valence-corrected chi connectivity index (χ2v) is 5.33. The lowest BCUT2D eigenvalue weighted by atomic mass is 10.0. The van der Waals surface area contributed by atoms with Gasteiger partial charge in [-0.2, -0.15) is 0 Å². The molecule has 0 aliphatic rings. The molecular weight excluding hydrogens is 316 g/mol. The Morgan fingerprint density at radius 1 is 0.920 bits per heavy atom. The Bertz CT molecular complexity index is 853. The molecule has 0 unspecified atom stereocenters. The average molecular weight is 334 g/mol. The van der Waals surface area contributed by atoms with E-state index in [4.69, 9.17) is 13.9 Å². The van der Waals surface area contributed by atoms with Gasteiger partial charge in [-0.1, -0.05) is 30.3 Å². The number of furan rings is 1. The summed E-state index contributed by atoms with van der Waals surface area (Å²) in [6, 6.07) is 16.5. The smallest absolute Gasteiger partial charge is 0.185 e. The van der Waals surface area contributed by atoms with Crippen molar-refractivity contribution in [3.8, 4) is 22.6 Å². The molecule has 4 heteroatoms. The fourth-order valence-corrected chi connectivity index (χ4v) is 2.58. The normalized spacial score (nSPS) is 10.8. The molecule has 25 heavy (non-hydrogen) atoms. The van der Waals surface area contributed by atoms with Crippen LogP contribution in [0.5, 0.6) is 11.5 Å². The molecule has 4 nitrogen and oxygen atoms in total. The Kier molecular flexibility index (Phi) is 5.00. The first-order valence-corrected chi connectivity index (χ1v) is 7.80. The zero-order valence-corrected chi connectivity index (χ0v) is 14.1. The van der Waals surface area contributed by atoms with Crippen molar-refractivity contribution in [2.45, 2.75) is 0 Å². The maximum absolute atomic E-state index is 12.3. The number of carbonyl (C=O) groups is 1. The number of rotatable bonds is 6. The molecule has 0 N–H and O–H groups in total. The average Bonchev–Trinajstić information content (AvgIpc) is 3.19. The van der Waals surface area contributed by atoms with Crippen LogP contribution in [0.2, 0.25) is 0 Å². The Morgan fingerprint density at radius 2 is 1.60 bits per heavy atom. The molecule has 0 radical (unpaired) electrons. The van der Waals surface area contributed by atoms with Crippen molar-refractivity contribution in [1.29, 1.82) is 0 Å². The zero-order valence-electron chi connectivity index (χ0n) is 14.1. The van der Waals surface area contributed by atoms with Crippen LogP contribution in [-0.4, -0.2) is 20.0 Å². The van der Waals surface area contributed by atoms with E-state index in [1.54, 1.807) is 50.8 Å². The van der Waals surface area contributed by atoms with Crippen LogP contribution in [0.3, 0.4) is 0 Å². The topological polar surface area (TPSA) is 48.7 Å². The molecule has 1 heterocycles. The number of ether oxygens (including phenoxy) is 2. The maximum Gasteiger partial charge on any atom is 0.185 e. The van der Waals surface area contributed by atoms with Crippen molar-refractivity contribution < 1.29 is 18.7 Å². The molecule has 0 saturated heterocycles. The molecule has 0 bridgehead atoms. The summed E-state index contributed by atoms with van der Waals surface area (Å²) in [7, 11) is 3.24. The van der Waals surface area contributed by atoms with E-state index in [9.17, 15) is 4.79 Å². The summed E-state index contributed by atoms with van der Waals surface area (Å²) in [5.74, 6) is 1.99. The lowest BCUT2D eigenvalue weighted by Crippen LogP contribution is -1.96. The van der Waals surface area contributed by atoms with Crippen molar-refractivity contribution in [1.82, 2.24) is 0 Å². The van der Waals surface area contributed by atoms with Crippen molar-refractivity contribution in [2.24, 2.45) is 0 Å². The minimum atomic E-state index is -0.0880. The van der Waals surface area contributed by atoms with Crippen LogP contribution in [0.4, 0.5) is 0 Å². The molecule has 0 aliphatic heterocycles. The molecule has 0 saturated carbocycles. The lowest BCUT2D eigenvalue weighted by Gasteiger charge is -2.13. The minimum Gasteiger partial charge on any atom is -0.496 e. The van der Waals surface area contributed by atoms with Crippen LogP contribution in [-0.2, 0) is 0 Å². The summed E-state index contributed by atoms with van der Waals surface area (Å²) < 4.78 is 16.0. The van der Waals surface area contributed by atoms with Gasteiger partial charge in [-0.25, -0.2) is 0 Å². The highest BCUT2D eigenvalue weighted by atomic mass is 16.5. The lowest BCUT2D eigenvalue weighted by molar-refractivity contribution is 0.104. The van der Waals surface area contributed by atoms with Crippen molar-refractivity contribution in [3.63, 3.8) is 0 Å². The number of ketones is 1. The third kappa shape index (κ3) is 3.63. The highest BCUT2D eigenvalue weighted by Gasteiger charge is 2.12. The van der Waals surface area contributed by atoms with Gasteiger partial charge in [0.15, 0.2) is 5.78 Å². The predicted octanol–water partition coefficient (Wildman–Crippen LogP) is 4.86. The van der Waals surface area contributed by atoms with E-state index in [0.717, 1.165) is 22.6 Å². The van der Waals surface area contributed by atoms with Crippen molar-refractivity contribution in [3.05, 3.63) is 78.3 Å². The molecular formula is C21H18O4. The van der Waals surface area contributed by atoms with Crippen LogP contribution in [0, 0.1) is 0 Å². The largest absolute Gasteiger partial charge is 0.496 e. The summed E-state index contributed by atoms with van der Waals surface area (Å²) in [5, 5.41) is 0. The monoisotopic (exact) mass is 334 g/mol. The van der Waals surface area contributed by atoms with Gasteiger partial charge in [0, 0.05) is 5.56 Å². The highest BCUT2D eigenvalue weighted by molar-refractivity contribution is 6.06. The van der Waals surface area contributed by atoms with Gasteiger partial charge in [0.25, 0.3) is 0 Å². The first-order valence-electron chi connectivity index (χ1n) is 7.80. The van der Waals surface area contributed by atoms with Crippen molar-refractivity contribution in [2.75, 3.05) is 14.2 Å². The van der Waals surface area contributed by atoms with Crippen LogP contribution in [0.15, 0.2) is 71.4 Å². The number of carbonyl (C=O) groups excluding carboxylic acids is 1. The van der Waals surface area contributed by atoms with Gasteiger partial charge in [0.05, 0.1) is 26.0 Å². The highest BCUT2D eigenvalue weighted by Crippen LogP contribution is 2.38. The number of benzene rings is 2. The Balaban J connectivity index is 1.87. The molecule has 2 aromatic carbocycles. The fourth-order valence-electron chi connectivity index (χ4n) is 2.58. The molecule has 1 aromatic heterocycles. The molecule has 3 aromatic rings. The van der Waals surface area contributed by atoms with E-state index in [1.165, 1.54) is 6.08 Å². The summed E-state index contributed by atoms with van der Waals surface area (Å²) in [6.07, 6.45) is 4.72. The molecule has 3 rings (SSSR count). The summed E-state index contributed by atoms with van der Waals surface area (Å²) in [4.78, 5) is 12.3.